The quantitative estimate of drug-likeness (QED) is 0.695. The van der Waals surface area contributed by atoms with E-state index in [1.807, 2.05) is 37.3 Å². The second kappa shape index (κ2) is 7.86. The fourth-order valence-electron chi connectivity index (χ4n) is 4.40. The fourth-order valence-corrected chi connectivity index (χ4v) is 4.40. The molecule has 0 unspecified atom stereocenters. The molecule has 2 aromatic carbocycles. The molecular formula is C24H29NO3. The molecule has 148 valence electrons. The second-order valence-electron chi connectivity index (χ2n) is 8.49. The molecule has 0 bridgehead atoms. The highest BCUT2D eigenvalue weighted by molar-refractivity contribution is 5.89. The molecule has 1 saturated carbocycles. The Morgan fingerprint density at radius 1 is 1.18 bits per heavy atom. The lowest BCUT2D eigenvalue weighted by Gasteiger charge is -2.36. The van der Waals surface area contributed by atoms with Gasteiger partial charge in [-0.15, -0.1) is 0 Å². The molecule has 1 N–H and O–H groups in total. The molecule has 2 aromatic rings. The van der Waals surface area contributed by atoms with E-state index >= 15 is 0 Å². The van der Waals surface area contributed by atoms with Gasteiger partial charge in [0.05, 0.1) is 12.2 Å². The molecule has 1 aliphatic heterocycles. The van der Waals surface area contributed by atoms with Crippen molar-refractivity contribution in [2.75, 3.05) is 11.9 Å². The van der Waals surface area contributed by atoms with Crippen molar-refractivity contribution in [3.63, 3.8) is 0 Å². The van der Waals surface area contributed by atoms with Crippen molar-refractivity contribution in [3.8, 4) is 5.75 Å². The van der Waals surface area contributed by atoms with Gasteiger partial charge in [0.1, 0.15) is 5.75 Å². The standard InChI is InChI=1S/C24H29NO3/c1-15(2)14-27-18-10-11-22-21(13-18)19-8-5-9-20(19)23(25-22)28-24(26)17-7-4-6-16(3)12-17/h4,6-7,10-13,15,19-20,23,25H,5,8-9,14H2,1-3H3/t19-,20+,23+/m1/s1. The predicted octanol–water partition coefficient (Wildman–Crippen LogP) is 5.52. The van der Waals surface area contributed by atoms with E-state index in [0.717, 1.165) is 42.9 Å². The number of carbonyl (C=O) groups excluding carboxylic acids is 1. The van der Waals surface area contributed by atoms with Gasteiger partial charge in [0.15, 0.2) is 6.23 Å². The molecule has 2 aliphatic rings. The van der Waals surface area contributed by atoms with Gasteiger partial charge in [-0.2, -0.15) is 0 Å². The van der Waals surface area contributed by atoms with Crippen LogP contribution in [0.4, 0.5) is 5.69 Å². The number of hydrogen-bond donors (Lipinski definition) is 1. The average molecular weight is 380 g/mol. The van der Waals surface area contributed by atoms with Crippen LogP contribution in [0.2, 0.25) is 0 Å². The van der Waals surface area contributed by atoms with Crippen LogP contribution in [0, 0.1) is 18.8 Å². The Kier molecular flexibility index (Phi) is 5.29. The van der Waals surface area contributed by atoms with Gasteiger partial charge in [-0.1, -0.05) is 38.0 Å². The molecule has 1 aliphatic carbocycles. The number of anilines is 1. The fraction of sp³-hybridized carbons (Fsp3) is 0.458. The molecule has 1 fully saturated rings. The molecule has 4 heteroatoms. The molecule has 0 saturated heterocycles. The van der Waals surface area contributed by atoms with Gasteiger partial charge in [0, 0.05) is 11.6 Å². The van der Waals surface area contributed by atoms with Crippen molar-refractivity contribution >= 4 is 11.7 Å². The summed E-state index contributed by atoms with van der Waals surface area (Å²) in [4.78, 5) is 12.7. The lowest BCUT2D eigenvalue weighted by atomic mass is 9.83. The normalized spacial score (nSPS) is 22.9. The number of benzene rings is 2. The van der Waals surface area contributed by atoms with Gasteiger partial charge in [-0.3, -0.25) is 0 Å². The molecule has 0 radical (unpaired) electrons. The highest BCUT2D eigenvalue weighted by atomic mass is 16.6. The average Bonchev–Trinajstić information content (AvgIpc) is 3.17. The number of fused-ring (bicyclic) bond motifs is 3. The highest BCUT2D eigenvalue weighted by Crippen LogP contribution is 2.49. The minimum Gasteiger partial charge on any atom is -0.493 e. The van der Waals surface area contributed by atoms with Crippen LogP contribution in [0.15, 0.2) is 42.5 Å². The minimum atomic E-state index is -0.282. The molecule has 3 atom stereocenters. The predicted molar refractivity (Wildman–Crippen MR) is 111 cm³/mol. The molecule has 0 spiro atoms. The summed E-state index contributed by atoms with van der Waals surface area (Å²) in [7, 11) is 0. The Bertz CT molecular complexity index is 861. The summed E-state index contributed by atoms with van der Waals surface area (Å²) >= 11 is 0. The van der Waals surface area contributed by atoms with Crippen LogP contribution in [0.25, 0.3) is 0 Å². The molecule has 4 rings (SSSR count). The topological polar surface area (TPSA) is 47.6 Å². The zero-order valence-corrected chi connectivity index (χ0v) is 16.9. The van der Waals surface area contributed by atoms with Crippen LogP contribution in [0.5, 0.6) is 5.75 Å². The maximum absolute atomic E-state index is 12.7. The number of aryl methyl sites for hydroxylation is 1. The molecule has 4 nitrogen and oxygen atoms in total. The Morgan fingerprint density at radius 3 is 2.82 bits per heavy atom. The van der Waals surface area contributed by atoms with Gasteiger partial charge in [-0.25, -0.2) is 4.79 Å². The number of nitrogens with one attached hydrogen (secondary N) is 1. The van der Waals surface area contributed by atoms with Crippen LogP contribution in [-0.2, 0) is 4.74 Å². The summed E-state index contributed by atoms with van der Waals surface area (Å²) in [5, 5.41) is 3.48. The number of rotatable bonds is 5. The van der Waals surface area contributed by atoms with E-state index in [1.54, 1.807) is 0 Å². The van der Waals surface area contributed by atoms with Gasteiger partial charge in [-0.05, 0) is 67.5 Å². The number of hydrogen-bond acceptors (Lipinski definition) is 4. The lowest BCUT2D eigenvalue weighted by molar-refractivity contribution is 0.0193. The van der Waals surface area contributed by atoms with Gasteiger partial charge in [0.25, 0.3) is 0 Å². The highest BCUT2D eigenvalue weighted by Gasteiger charge is 2.41. The summed E-state index contributed by atoms with van der Waals surface area (Å²) in [6, 6.07) is 13.8. The van der Waals surface area contributed by atoms with Gasteiger partial charge in [0.2, 0.25) is 0 Å². The van der Waals surface area contributed by atoms with E-state index in [9.17, 15) is 4.79 Å². The smallest absolute Gasteiger partial charge is 0.340 e. The first-order chi connectivity index (χ1) is 13.5. The van der Waals surface area contributed by atoms with E-state index in [4.69, 9.17) is 9.47 Å². The Morgan fingerprint density at radius 2 is 2.04 bits per heavy atom. The van der Waals surface area contributed by atoms with Crippen LogP contribution in [-0.4, -0.2) is 18.8 Å². The zero-order chi connectivity index (χ0) is 19.7. The van der Waals surface area contributed by atoms with E-state index in [2.05, 4.69) is 31.3 Å². The summed E-state index contributed by atoms with van der Waals surface area (Å²) < 4.78 is 11.9. The Labute approximate surface area is 167 Å². The Balaban J connectivity index is 1.54. The number of ether oxygens (including phenoxy) is 2. The van der Waals surface area contributed by atoms with Crippen molar-refractivity contribution in [2.45, 2.75) is 52.2 Å². The number of carbonyl (C=O) groups is 1. The van der Waals surface area contributed by atoms with Crippen LogP contribution in [0.3, 0.4) is 0 Å². The van der Waals surface area contributed by atoms with E-state index in [1.165, 1.54) is 5.56 Å². The first-order valence-electron chi connectivity index (χ1n) is 10.3. The minimum absolute atomic E-state index is 0.257. The molecule has 28 heavy (non-hydrogen) atoms. The van der Waals surface area contributed by atoms with Crippen molar-refractivity contribution in [2.24, 2.45) is 11.8 Å². The first-order valence-corrected chi connectivity index (χ1v) is 10.3. The van der Waals surface area contributed by atoms with E-state index < -0.39 is 0 Å². The molecular weight excluding hydrogens is 350 g/mol. The maximum Gasteiger partial charge on any atom is 0.340 e. The van der Waals surface area contributed by atoms with Crippen LogP contribution >= 0.6 is 0 Å². The van der Waals surface area contributed by atoms with Crippen LogP contribution in [0.1, 0.15) is 60.5 Å². The summed E-state index contributed by atoms with van der Waals surface area (Å²) in [5.41, 5.74) is 4.03. The Hall–Kier alpha value is -2.49. The SMILES string of the molecule is Cc1cccc(C(=O)O[C@@H]2Nc3ccc(OCC(C)C)cc3[C@@H]3CCC[C@H]23)c1. The van der Waals surface area contributed by atoms with Crippen molar-refractivity contribution in [1.29, 1.82) is 0 Å². The van der Waals surface area contributed by atoms with Crippen LogP contribution < -0.4 is 10.1 Å². The zero-order valence-electron chi connectivity index (χ0n) is 16.9. The van der Waals surface area contributed by atoms with Gasteiger partial charge < -0.3 is 14.8 Å². The largest absolute Gasteiger partial charge is 0.493 e. The van der Waals surface area contributed by atoms with Crippen molar-refractivity contribution in [3.05, 3.63) is 59.2 Å². The first kappa shape index (κ1) is 18.9. The summed E-state index contributed by atoms with van der Waals surface area (Å²) in [6.45, 7) is 7.01. The van der Waals surface area contributed by atoms with Crippen molar-refractivity contribution in [1.82, 2.24) is 0 Å². The van der Waals surface area contributed by atoms with E-state index in [0.29, 0.717) is 23.3 Å². The molecule has 0 amide bonds. The molecule has 1 heterocycles. The summed E-state index contributed by atoms with van der Waals surface area (Å²) in [5.74, 6) is 1.89. The lowest BCUT2D eigenvalue weighted by Crippen LogP contribution is -2.39. The third kappa shape index (κ3) is 3.87. The third-order valence-corrected chi connectivity index (χ3v) is 5.75. The number of esters is 1. The summed E-state index contributed by atoms with van der Waals surface area (Å²) in [6.07, 6.45) is 3.08. The van der Waals surface area contributed by atoms with E-state index in [-0.39, 0.29) is 12.2 Å². The second-order valence-corrected chi connectivity index (χ2v) is 8.49. The van der Waals surface area contributed by atoms with Gasteiger partial charge >= 0.3 is 5.97 Å². The third-order valence-electron chi connectivity index (χ3n) is 5.75. The monoisotopic (exact) mass is 379 g/mol. The van der Waals surface area contributed by atoms with Crippen molar-refractivity contribution < 1.29 is 14.3 Å². The maximum atomic E-state index is 12.7. The molecule has 0 aromatic heterocycles.